The number of hydrogen-bond acceptors (Lipinski definition) is 8. The lowest BCUT2D eigenvalue weighted by atomic mass is 10.1. The number of sulfonamides is 1. The average Bonchev–Trinajstić information content (AvgIpc) is 2.93. The molecule has 1 saturated heterocycles. The number of Topliss-reactive ketones (excluding diaryl/α,β-unsaturated/α-hetero) is 1. The number of anilines is 3. The van der Waals surface area contributed by atoms with Crippen LogP contribution in [-0.2, 0) is 10.0 Å². The molecule has 2 N–H and O–H groups in total. The van der Waals surface area contributed by atoms with Gasteiger partial charge in [-0.3, -0.25) is 9.52 Å². The number of pyridine rings is 2. The minimum atomic E-state index is -3.96. The van der Waals surface area contributed by atoms with E-state index in [0.29, 0.717) is 48.5 Å². The van der Waals surface area contributed by atoms with E-state index in [4.69, 9.17) is 0 Å². The maximum Gasteiger partial charge on any atom is 0.336 e. The Hall–Kier alpha value is -3.64. The van der Waals surface area contributed by atoms with Gasteiger partial charge in [0.15, 0.2) is 5.78 Å². The third-order valence-electron chi connectivity index (χ3n) is 6.43. The van der Waals surface area contributed by atoms with Gasteiger partial charge in [-0.15, -0.1) is 37.2 Å². The summed E-state index contributed by atoms with van der Waals surface area (Å²) < 4.78 is 28.3. The van der Waals surface area contributed by atoms with Crippen molar-refractivity contribution in [3.63, 3.8) is 0 Å². The first-order valence-electron chi connectivity index (χ1n) is 11.9. The van der Waals surface area contributed by atoms with Crippen molar-refractivity contribution < 1.29 is 23.1 Å². The number of nitrogens with zero attached hydrogens (tertiary/aromatic N) is 4. The van der Waals surface area contributed by atoms with E-state index in [9.17, 15) is 23.1 Å². The topological polar surface area (TPSA) is 133 Å². The van der Waals surface area contributed by atoms with Crippen LogP contribution in [0.25, 0.3) is 10.9 Å². The zero-order valence-electron chi connectivity index (χ0n) is 21.8. The number of hydrogen-bond donors (Lipinski definition) is 2. The molecule has 0 unspecified atom stereocenters. The molecule has 3 heterocycles. The lowest BCUT2D eigenvalue weighted by Crippen LogP contribution is -2.47. The number of aromatic nitrogens is 2. The van der Waals surface area contributed by atoms with Gasteiger partial charge in [-0.25, -0.2) is 23.2 Å². The molecule has 5 rings (SSSR count). The number of carboxylic acid groups (broad SMARTS) is 1. The molecule has 0 saturated carbocycles. The molecular formula is C27H28Cl3N5O5S. The van der Waals surface area contributed by atoms with Gasteiger partial charge >= 0.3 is 5.97 Å². The standard InChI is InChI=1S/C27H25N5O5S.3ClH/c1-18(33)19-5-8-21(9-6-19)38(36,37)30-20-7-10-24-22(16-20)23(27(34)35)17-26(29-24)32-14-12-31(13-15-32)25-4-2-3-11-28-25;;;/h2-11,16-17,30H,12-15H2,1H3,(H,34,35);3*1H. The second-order valence-corrected chi connectivity index (χ2v) is 10.6. The Kier molecular flexibility index (Phi) is 11.3. The van der Waals surface area contributed by atoms with Crippen molar-refractivity contribution in [2.24, 2.45) is 0 Å². The third kappa shape index (κ3) is 7.36. The van der Waals surface area contributed by atoms with Crippen LogP contribution in [-0.4, -0.2) is 61.4 Å². The van der Waals surface area contributed by atoms with E-state index in [1.807, 2.05) is 23.1 Å². The van der Waals surface area contributed by atoms with Crippen LogP contribution in [0.2, 0.25) is 0 Å². The molecule has 1 fully saturated rings. The first-order valence-corrected chi connectivity index (χ1v) is 13.4. The average molecular weight is 641 g/mol. The smallest absolute Gasteiger partial charge is 0.336 e. The number of carbonyl (C=O) groups excluding carboxylic acids is 1. The maximum absolute atomic E-state index is 12.9. The number of benzene rings is 2. The number of aromatic carboxylic acids is 1. The van der Waals surface area contributed by atoms with Crippen molar-refractivity contribution in [2.75, 3.05) is 40.7 Å². The van der Waals surface area contributed by atoms with Crippen LogP contribution in [0.5, 0.6) is 0 Å². The molecule has 1 aliphatic rings. The summed E-state index contributed by atoms with van der Waals surface area (Å²) in [7, 11) is -3.96. The van der Waals surface area contributed by atoms with Gasteiger partial charge in [-0.1, -0.05) is 18.2 Å². The maximum atomic E-state index is 12.9. The Morgan fingerprint density at radius 2 is 1.49 bits per heavy atom. The Balaban J connectivity index is 0.00000196. The highest BCUT2D eigenvalue weighted by molar-refractivity contribution is 7.92. The molecule has 2 aromatic heterocycles. The van der Waals surface area contributed by atoms with Gasteiger partial charge in [0.25, 0.3) is 10.0 Å². The molecule has 10 nitrogen and oxygen atoms in total. The number of nitrogens with one attached hydrogen (secondary N) is 1. The lowest BCUT2D eigenvalue weighted by molar-refractivity contribution is 0.0698. The number of piperazine rings is 1. The Bertz CT molecular complexity index is 1630. The van der Waals surface area contributed by atoms with Crippen molar-refractivity contribution in [3.05, 3.63) is 84.1 Å². The predicted octanol–water partition coefficient (Wildman–Crippen LogP) is 4.92. The van der Waals surface area contributed by atoms with Gasteiger partial charge in [-0.2, -0.15) is 0 Å². The van der Waals surface area contributed by atoms with Gasteiger partial charge in [-0.05, 0) is 55.5 Å². The molecule has 41 heavy (non-hydrogen) atoms. The summed E-state index contributed by atoms with van der Waals surface area (Å²) in [6.07, 6.45) is 1.75. The van der Waals surface area contributed by atoms with Crippen LogP contribution < -0.4 is 14.5 Å². The molecule has 0 radical (unpaired) electrons. The highest BCUT2D eigenvalue weighted by atomic mass is 35.5. The van der Waals surface area contributed by atoms with Crippen LogP contribution in [0.3, 0.4) is 0 Å². The van der Waals surface area contributed by atoms with E-state index in [0.717, 1.165) is 5.82 Å². The predicted molar refractivity (Wildman–Crippen MR) is 166 cm³/mol. The van der Waals surface area contributed by atoms with Gasteiger partial charge < -0.3 is 14.9 Å². The Morgan fingerprint density at radius 3 is 2.05 bits per heavy atom. The van der Waals surface area contributed by atoms with E-state index in [-0.39, 0.29) is 59.2 Å². The fourth-order valence-electron chi connectivity index (χ4n) is 4.40. The van der Waals surface area contributed by atoms with Gasteiger partial charge in [0.1, 0.15) is 11.6 Å². The molecule has 4 aromatic rings. The largest absolute Gasteiger partial charge is 0.478 e. The summed E-state index contributed by atoms with van der Waals surface area (Å²) in [6.45, 7) is 4.13. The van der Waals surface area contributed by atoms with Crippen LogP contribution >= 0.6 is 37.2 Å². The second kappa shape index (κ2) is 13.8. The molecule has 14 heteroatoms. The number of rotatable bonds is 7. The summed E-state index contributed by atoms with van der Waals surface area (Å²) in [4.78, 5) is 36.9. The van der Waals surface area contributed by atoms with Crippen LogP contribution in [0, 0.1) is 0 Å². The number of carbonyl (C=O) groups is 2. The molecular weight excluding hydrogens is 613 g/mol. The highest BCUT2D eigenvalue weighted by Gasteiger charge is 2.22. The fourth-order valence-corrected chi connectivity index (χ4v) is 5.45. The molecule has 0 aliphatic carbocycles. The number of fused-ring (bicyclic) bond motifs is 1. The fraction of sp³-hybridized carbons (Fsp3) is 0.185. The normalized spacial score (nSPS) is 12.9. The van der Waals surface area contributed by atoms with Crippen molar-refractivity contribution in [3.8, 4) is 0 Å². The second-order valence-electron chi connectivity index (χ2n) is 8.91. The number of ketones is 1. The van der Waals surface area contributed by atoms with Crippen LogP contribution in [0.15, 0.2) is 77.8 Å². The number of carboxylic acids is 1. The summed E-state index contributed by atoms with van der Waals surface area (Å²) >= 11 is 0. The zero-order chi connectivity index (χ0) is 26.9. The van der Waals surface area contributed by atoms with E-state index in [1.165, 1.54) is 43.3 Å². The van der Waals surface area contributed by atoms with E-state index in [2.05, 4.69) is 19.6 Å². The lowest BCUT2D eigenvalue weighted by Gasteiger charge is -2.36. The first-order chi connectivity index (χ1) is 18.2. The quantitative estimate of drug-likeness (QED) is 0.270. The summed E-state index contributed by atoms with van der Waals surface area (Å²) in [5, 5.41) is 10.3. The molecule has 0 atom stereocenters. The van der Waals surface area contributed by atoms with Crippen molar-refractivity contribution in [2.45, 2.75) is 11.8 Å². The SMILES string of the molecule is CC(=O)c1ccc(S(=O)(=O)Nc2ccc3nc(N4CCN(c5ccccn5)CC4)cc(C(=O)O)c3c2)cc1.Cl.Cl.Cl. The van der Waals surface area contributed by atoms with Crippen molar-refractivity contribution in [1.29, 1.82) is 0 Å². The van der Waals surface area contributed by atoms with Gasteiger partial charge in [0.05, 0.1) is 16.0 Å². The van der Waals surface area contributed by atoms with Gasteiger partial charge in [0.2, 0.25) is 0 Å². The van der Waals surface area contributed by atoms with Crippen molar-refractivity contribution in [1.82, 2.24) is 9.97 Å². The minimum absolute atomic E-state index is 0. The Morgan fingerprint density at radius 1 is 0.854 bits per heavy atom. The monoisotopic (exact) mass is 639 g/mol. The van der Waals surface area contributed by atoms with Crippen LogP contribution in [0.4, 0.5) is 17.3 Å². The van der Waals surface area contributed by atoms with Gasteiger partial charge in [0, 0.05) is 49.0 Å². The number of halogens is 3. The minimum Gasteiger partial charge on any atom is -0.478 e. The molecule has 0 spiro atoms. The Labute approximate surface area is 256 Å². The van der Waals surface area contributed by atoms with Crippen LogP contribution in [0.1, 0.15) is 27.6 Å². The molecule has 218 valence electrons. The summed E-state index contributed by atoms with van der Waals surface area (Å²) in [5.74, 6) is 0.147. The summed E-state index contributed by atoms with van der Waals surface area (Å²) in [6, 6.07) is 17.5. The molecule has 2 aromatic carbocycles. The molecule has 0 bridgehead atoms. The first kappa shape index (κ1) is 33.6. The molecule has 0 amide bonds. The summed E-state index contributed by atoms with van der Waals surface area (Å²) in [5.41, 5.74) is 1.08. The third-order valence-corrected chi connectivity index (χ3v) is 7.82. The highest BCUT2D eigenvalue weighted by Crippen LogP contribution is 2.28. The van der Waals surface area contributed by atoms with Crippen molar-refractivity contribution >= 4 is 87.2 Å². The zero-order valence-corrected chi connectivity index (χ0v) is 25.0. The van der Waals surface area contributed by atoms with E-state index < -0.39 is 16.0 Å². The molecule has 1 aliphatic heterocycles. The van der Waals surface area contributed by atoms with E-state index >= 15 is 0 Å². The van der Waals surface area contributed by atoms with E-state index in [1.54, 1.807) is 18.3 Å².